The molecule has 0 radical (unpaired) electrons. The summed E-state index contributed by atoms with van der Waals surface area (Å²) in [5.74, 6) is 1.45. The Morgan fingerprint density at radius 3 is 2.77 bits per heavy atom. The van der Waals surface area contributed by atoms with Crippen LogP contribution in [-0.2, 0) is 6.54 Å². The average Bonchev–Trinajstić information content (AvgIpc) is 3.41. The summed E-state index contributed by atoms with van der Waals surface area (Å²) < 4.78 is 5.58. The van der Waals surface area contributed by atoms with Crippen molar-refractivity contribution in [3.8, 4) is 11.5 Å². The maximum Gasteiger partial charge on any atom is 0.226 e. The van der Waals surface area contributed by atoms with Gasteiger partial charge in [-0.2, -0.15) is 0 Å². The van der Waals surface area contributed by atoms with Crippen molar-refractivity contribution in [2.45, 2.75) is 45.3 Å². The lowest BCUT2D eigenvalue weighted by Crippen LogP contribution is -2.45. The van der Waals surface area contributed by atoms with Gasteiger partial charge in [0.05, 0.1) is 6.54 Å². The van der Waals surface area contributed by atoms with Gasteiger partial charge in [0.25, 0.3) is 0 Å². The van der Waals surface area contributed by atoms with Crippen molar-refractivity contribution in [2.24, 2.45) is 4.99 Å². The highest BCUT2D eigenvalue weighted by Gasteiger charge is 2.28. The molecule has 1 saturated carbocycles. The Morgan fingerprint density at radius 2 is 2.08 bits per heavy atom. The molecule has 1 aromatic carbocycles. The standard InChI is InChI=1S/C20H29N5O/c1-4-21-20(22-12-15(2)25(3)18-10-11-18)23-13-17-14-26-19(24-17)16-8-6-5-7-9-16/h5-9,14-15,18H,4,10-13H2,1-3H3,(H2,21,22,23). The number of nitrogens with zero attached hydrogens (tertiary/aromatic N) is 3. The van der Waals surface area contributed by atoms with Gasteiger partial charge in [0.2, 0.25) is 5.89 Å². The van der Waals surface area contributed by atoms with Gasteiger partial charge in [-0.3, -0.25) is 4.90 Å². The Hall–Kier alpha value is -2.34. The minimum absolute atomic E-state index is 0.475. The second kappa shape index (κ2) is 8.85. The third-order valence-corrected chi connectivity index (χ3v) is 4.70. The first-order chi connectivity index (χ1) is 12.7. The first kappa shape index (κ1) is 18.5. The van der Waals surface area contributed by atoms with E-state index in [1.807, 2.05) is 30.3 Å². The van der Waals surface area contributed by atoms with Crippen molar-refractivity contribution in [3.05, 3.63) is 42.3 Å². The molecule has 1 heterocycles. The molecule has 140 valence electrons. The second-order valence-corrected chi connectivity index (χ2v) is 6.83. The fourth-order valence-electron chi connectivity index (χ4n) is 2.82. The van der Waals surface area contributed by atoms with Crippen LogP contribution in [0.4, 0.5) is 0 Å². The number of benzene rings is 1. The molecule has 0 amide bonds. The Bertz CT molecular complexity index is 708. The van der Waals surface area contributed by atoms with Gasteiger partial charge in [-0.05, 0) is 45.9 Å². The summed E-state index contributed by atoms with van der Waals surface area (Å²) in [5.41, 5.74) is 1.80. The molecule has 1 aromatic heterocycles. The summed E-state index contributed by atoms with van der Waals surface area (Å²) in [7, 11) is 2.20. The van der Waals surface area contributed by atoms with Crippen LogP contribution in [0.3, 0.4) is 0 Å². The number of oxazole rings is 1. The topological polar surface area (TPSA) is 65.7 Å². The van der Waals surface area contributed by atoms with Gasteiger partial charge < -0.3 is 15.1 Å². The second-order valence-electron chi connectivity index (χ2n) is 6.83. The molecular weight excluding hydrogens is 326 g/mol. The molecule has 1 fully saturated rings. The predicted octanol–water partition coefficient (Wildman–Crippen LogP) is 2.88. The Balaban J connectivity index is 1.56. The van der Waals surface area contributed by atoms with Gasteiger partial charge in [0, 0.05) is 30.7 Å². The predicted molar refractivity (Wildman–Crippen MR) is 105 cm³/mol. The van der Waals surface area contributed by atoms with E-state index in [-0.39, 0.29) is 0 Å². The third kappa shape index (κ3) is 5.08. The van der Waals surface area contributed by atoms with Crippen molar-refractivity contribution in [1.29, 1.82) is 0 Å². The molecule has 1 atom stereocenters. The molecule has 1 aliphatic rings. The lowest BCUT2D eigenvalue weighted by molar-refractivity contribution is 0.247. The minimum atomic E-state index is 0.475. The number of nitrogens with one attached hydrogen (secondary N) is 2. The van der Waals surface area contributed by atoms with Crippen LogP contribution in [0.5, 0.6) is 0 Å². The molecule has 2 aromatic rings. The molecule has 6 heteroatoms. The molecule has 0 saturated heterocycles. The van der Waals surface area contributed by atoms with E-state index in [0.29, 0.717) is 18.5 Å². The van der Waals surface area contributed by atoms with Crippen LogP contribution in [0.2, 0.25) is 0 Å². The normalized spacial score (nSPS) is 15.9. The smallest absolute Gasteiger partial charge is 0.226 e. The Kier molecular flexibility index (Phi) is 6.28. The number of aliphatic imine (C=N–C) groups is 1. The number of hydrogen-bond donors (Lipinski definition) is 2. The fourth-order valence-corrected chi connectivity index (χ4v) is 2.82. The molecular formula is C20H29N5O. The third-order valence-electron chi connectivity index (χ3n) is 4.70. The van der Waals surface area contributed by atoms with E-state index in [1.165, 1.54) is 12.8 Å². The molecule has 1 unspecified atom stereocenters. The molecule has 0 spiro atoms. The van der Waals surface area contributed by atoms with Crippen LogP contribution in [0.15, 0.2) is 46.0 Å². The quantitative estimate of drug-likeness (QED) is 0.563. The highest BCUT2D eigenvalue weighted by molar-refractivity contribution is 5.79. The summed E-state index contributed by atoms with van der Waals surface area (Å²) in [6.07, 6.45) is 4.33. The van der Waals surface area contributed by atoms with Gasteiger partial charge in [-0.15, -0.1) is 0 Å². The van der Waals surface area contributed by atoms with Crippen LogP contribution < -0.4 is 10.6 Å². The number of hydrogen-bond acceptors (Lipinski definition) is 4. The van der Waals surface area contributed by atoms with E-state index < -0.39 is 0 Å². The van der Waals surface area contributed by atoms with Crippen molar-refractivity contribution in [3.63, 3.8) is 0 Å². The Morgan fingerprint density at radius 1 is 1.31 bits per heavy atom. The first-order valence-electron chi connectivity index (χ1n) is 9.41. The number of rotatable bonds is 8. The van der Waals surface area contributed by atoms with E-state index in [4.69, 9.17) is 4.42 Å². The zero-order chi connectivity index (χ0) is 18.4. The first-order valence-corrected chi connectivity index (χ1v) is 9.41. The average molecular weight is 355 g/mol. The maximum atomic E-state index is 5.58. The van der Waals surface area contributed by atoms with E-state index in [2.05, 4.69) is 46.4 Å². The molecule has 0 aliphatic heterocycles. The summed E-state index contributed by atoms with van der Waals surface area (Å²) in [4.78, 5) is 11.6. The SMILES string of the molecule is CCNC(=NCc1coc(-c2ccccc2)n1)NCC(C)N(C)C1CC1. The van der Waals surface area contributed by atoms with E-state index in [9.17, 15) is 0 Å². The lowest BCUT2D eigenvalue weighted by Gasteiger charge is -2.25. The largest absolute Gasteiger partial charge is 0.444 e. The maximum absolute atomic E-state index is 5.58. The summed E-state index contributed by atoms with van der Waals surface area (Å²) >= 11 is 0. The van der Waals surface area contributed by atoms with Crippen LogP contribution >= 0.6 is 0 Å². The van der Waals surface area contributed by atoms with Gasteiger partial charge in [0.15, 0.2) is 5.96 Å². The minimum Gasteiger partial charge on any atom is -0.444 e. The van der Waals surface area contributed by atoms with Gasteiger partial charge in [0.1, 0.15) is 12.0 Å². The van der Waals surface area contributed by atoms with Crippen LogP contribution in [0, 0.1) is 0 Å². The van der Waals surface area contributed by atoms with Crippen LogP contribution in [-0.4, -0.2) is 48.1 Å². The number of guanidine groups is 1. The highest BCUT2D eigenvalue weighted by Crippen LogP contribution is 2.26. The van der Waals surface area contributed by atoms with Crippen molar-refractivity contribution in [2.75, 3.05) is 20.1 Å². The molecule has 6 nitrogen and oxygen atoms in total. The van der Waals surface area contributed by atoms with E-state index in [1.54, 1.807) is 6.26 Å². The number of likely N-dealkylation sites (N-methyl/N-ethyl adjacent to an activating group) is 1. The molecule has 3 rings (SSSR count). The highest BCUT2D eigenvalue weighted by atomic mass is 16.3. The monoisotopic (exact) mass is 355 g/mol. The summed E-state index contributed by atoms with van der Waals surface area (Å²) in [6, 6.07) is 11.1. The zero-order valence-electron chi connectivity index (χ0n) is 15.9. The van der Waals surface area contributed by atoms with Crippen molar-refractivity contribution >= 4 is 5.96 Å². The zero-order valence-corrected chi connectivity index (χ0v) is 15.9. The van der Waals surface area contributed by atoms with Crippen LogP contribution in [0.1, 0.15) is 32.4 Å². The van der Waals surface area contributed by atoms with Gasteiger partial charge in [-0.25, -0.2) is 9.98 Å². The fraction of sp³-hybridized carbons (Fsp3) is 0.500. The molecule has 26 heavy (non-hydrogen) atoms. The van der Waals surface area contributed by atoms with E-state index >= 15 is 0 Å². The Labute approximate surface area is 155 Å². The number of aromatic nitrogens is 1. The lowest BCUT2D eigenvalue weighted by atomic mass is 10.2. The molecule has 0 bridgehead atoms. The summed E-state index contributed by atoms with van der Waals surface area (Å²) in [5, 5.41) is 6.72. The molecule has 2 N–H and O–H groups in total. The molecule has 1 aliphatic carbocycles. The van der Waals surface area contributed by atoms with Gasteiger partial charge >= 0.3 is 0 Å². The van der Waals surface area contributed by atoms with E-state index in [0.717, 1.165) is 36.3 Å². The van der Waals surface area contributed by atoms with Crippen molar-refractivity contribution in [1.82, 2.24) is 20.5 Å². The summed E-state index contributed by atoms with van der Waals surface area (Å²) in [6.45, 7) is 6.50. The van der Waals surface area contributed by atoms with Gasteiger partial charge in [-0.1, -0.05) is 18.2 Å². The van der Waals surface area contributed by atoms with Crippen LogP contribution in [0.25, 0.3) is 11.5 Å². The van der Waals surface area contributed by atoms with Crippen molar-refractivity contribution < 1.29 is 4.42 Å².